The van der Waals surface area contributed by atoms with Crippen LogP contribution in [0.15, 0.2) is 42.5 Å². The van der Waals surface area contributed by atoms with E-state index in [2.05, 4.69) is 10.6 Å². The Morgan fingerprint density at radius 1 is 1.03 bits per heavy atom. The molecule has 1 aliphatic carbocycles. The fourth-order valence-electron chi connectivity index (χ4n) is 3.44. The summed E-state index contributed by atoms with van der Waals surface area (Å²) in [4.78, 5) is 25.2. The number of rotatable bonds is 7. The summed E-state index contributed by atoms with van der Waals surface area (Å²) in [5.41, 5.74) is 0.840. The third kappa shape index (κ3) is 5.89. The number of nitrogens with one attached hydrogen (secondary N) is 2. The van der Waals surface area contributed by atoms with Gasteiger partial charge in [0.2, 0.25) is 0 Å². The first kappa shape index (κ1) is 22.0. The van der Waals surface area contributed by atoms with E-state index in [4.69, 9.17) is 21.1 Å². The van der Waals surface area contributed by atoms with E-state index in [0.29, 0.717) is 27.8 Å². The van der Waals surface area contributed by atoms with Crippen molar-refractivity contribution in [2.45, 2.75) is 51.2 Å². The minimum atomic E-state index is -0.728. The molecule has 0 bridgehead atoms. The van der Waals surface area contributed by atoms with Crippen molar-refractivity contribution in [1.29, 1.82) is 0 Å². The van der Waals surface area contributed by atoms with Crippen LogP contribution in [0, 0.1) is 0 Å². The lowest BCUT2D eigenvalue weighted by Gasteiger charge is -2.23. The van der Waals surface area contributed by atoms with Crippen LogP contribution < -0.4 is 20.1 Å². The van der Waals surface area contributed by atoms with Gasteiger partial charge in [-0.2, -0.15) is 0 Å². The number of benzene rings is 2. The van der Waals surface area contributed by atoms with E-state index in [0.717, 1.165) is 25.7 Å². The van der Waals surface area contributed by atoms with Gasteiger partial charge >= 0.3 is 0 Å². The van der Waals surface area contributed by atoms with E-state index in [1.807, 2.05) is 0 Å². The van der Waals surface area contributed by atoms with E-state index < -0.39 is 6.10 Å². The Morgan fingerprint density at radius 3 is 2.37 bits per heavy atom. The third-order valence-electron chi connectivity index (χ3n) is 5.16. The van der Waals surface area contributed by atoms with Gasteiger partial charge in [0.1, 0.15) is 11.5 Å². The fraction of sp³-hybridized carbons (Fsp3) is 0.391. The molecule has 6 nitrogen and oxygen atoms in total. The quantitative estimate of drug-likeness (QED) is 0.660. The molecule has 0 spiro atoms. The Balaban J connectivity index is 1.61. The second-order valence-corrected chi connectivity index (χ2v) is 7.84. The lowest BCUT2D eigenvalue weighted by atomic mass is 9.95. The van der Waals surface area contributed by atoms with E-state index in [-0.39, 0.29) is 17.9 Å². The Bertz CT molecular complexity index is 879. The average molecular weight is 431 g/mol. The van der Waals surface area contributed by atoms with Gasteiger partial charge in [0.05, 0.1) is 17.7 Å². The van der Waals surface area contributed by atoms with Crippen LogP contribution >= 0.6 is 11.6 Å². The summed E-state index contributed by atoms with van der Waals surface area (Å²) in [5.74, 6) is 0.721. The molecule has 1 fully saturated rings. The van der Waals surface area contributed by atoms with Crippen molar-refractivity contribution in [3.8, 4) is 11.5 Å². The maximum atomic E-state index is 12.7. The molecule has 1 unspecified atom stereocenters. The smallest absolute Gasteiger partial charge is 0.265 e. The molecular weight excluding hydrogens is 404 g/mol. The van der Waals surface area contributed by atoms with Crippen molar-refractivity contribution < 1.29 is 19.1 Å². The van der Waals surface area contributed by atoms with Gasteiger partial charge in [-0.05, 0) is 62.2 Å². The predicted molar refractivity (Wildman–Crippen MR) is 118 cm³/mol. The number of anilines is 1. The van der Waals surface area contributed by atoms with E-state index >= 15 is 0 Å². The highest BCUT2D eigenvalue weighted by molar-refractivity contribution is 6.34. The summed E-state index contributed by atoms with van der Waals surface area (Å²) in [7, 11) is 1.59. The van der Waals surface area contributed by atoms with Crippen molar-refractivity contribution in [2.75, 3.05) is 12.4 Å². The van der Waals surface area contributed by atoms with Crippen LogP contribution in [0.25, 0.3) is 0 Å². The number of amides is 2. The molecule has 3 rings (SSSR count). The molecule has 2 aromatic carbocycles. The van der Waals surface area contributed by atoms with E-state index in [9.17, 15) is 9.59 Å². The molecule has 2 aromatic rings. The zero-order chi connectivity index (χ0) is 21.5. The summed E-state index contributed by atoms with van der Waals surface area (Å²) in [6.07, 6.45) is 4.71. The number of ether oxygens (including phenoxy) is 2. The highest BCUT2D eigenvalue weighted by Crippen LogP contribution is 2.23. The van der Waals surface area contributed by atoms with Crippen molar-refractivity contribution >= 4 is 29.1 Å². The molecule has 0 aromatic heterocycles. The van der Waals surface area contributed by atoms with Gasteiger partial charge in [0.25, 0.3) is 11.8 Å². The van der Waals surface area contributed by atoms with Gasteiger partial charge in [-0.25, -0.2) is 0 Å². The zero-order valence-electron chi connectivity index (χ0n) is 17.2. The standard InChI is InChI=1S/C23H27ClN2O4/c1-15(30-19-11-9-18(29-2)10-12-19)22(27)26-17-8-13-21(24)20(14-17)23(28)25-16-6-4-3-5-7-16/h8-16H,3-7H2,1-2H3,(H,25,28)(H,26,27). The maximum Gasteiger partial charge on any atom is 0.265 e. The van der Waals surface area contributed by atoms with Crippen molar-refractivity contribution in [2.24, 2.45) is 0 Å². The fourth-order valence-corrected chi connectivity index (χ4v) is 3.65. The lowest BCUT2D eigenvalue weighted by Crippen LogP contribution is -2.36. The lowest BCUT2D eigenvalue weighted by molar-refractivity contribution is -0.122. The third-order valence-corrected chi connectivity index (χ3v) is 5.49. The second kappa shape index (κ2) is 10.3. The van der Waals surface area contributed by atoms with Crippen LogP contribution in [0.4, 0.5) is 5.69 Å². The van der Waals surface area contributed by atoms with E-state index in [1.165, 1.54) is 6.42 Å². The number of hydrogen-bond donors (Lipinski definition) is 2. The first-order valence-electron chi connectivity index (χ1n) is 10.2. The summed E-state index contributed by atoms with van der Waals surface area (Å²) in [5, 5.41) is 6.18. The molecule has 0 heterocycles. The molecule has 1 atom stereocenters. The van der Waals surface area contributed by atoms with Crippen LogP contribution in [0.1, 0.15) is 49.4 Å². The van der Waals surface area contributed by atoms with Crippen molar-refractivity contribution in [3.05, 3.63) is 53.1 Å². The Morgan fingerprint density at radius 2 is 1.70 bits per heavy atom. The molecule has 2 amide bonds. The van der Waals surface area contributed by atoms with Gasteiger partial charge in [-0.15, -0.1) is 0 Å². The van der Waals surface area contributed by atoms with Crippen molar-refractivity contribution in [3.63, 3.8) is 0 Å². The Labute approximate surface area is 181 Å². The second-order valence-electron chi connectivity index (χ2n) is 7.43. The maximum absolute atomic E-state index is 12.7. The molecule has 0 radical (unpaired) electrons. The summed E-state index contributed by atoms with van der Waals surface area (Å²) in [6.45, 7) is 1.66. The van der Waals surface area contributed by atoms with Gasteiger partial charge in [0.15, 0.2) is 6.10 Å². The van der Waals surface area contributed by atoms with Gasteiger partial charge in [0, 0.05) is 11.7 Å². The molecule has 7 heteroatoms. The molecule has 1 saturated carbocycles. The minimum Gasteiger partial charge on any atom is -0.497 e. The topological polar surface area (TPSA) is 76.7 Å². The van der Waals surface area contributed by atoms with Gasteiger partial charge < -0.3 is 20.1 Å². The number of hydrogen-bond acceptors (Lipinski definition) is 4. The number of carbonyl (C=O) groups is 2. The first-order chi connectivity index (χ1) is 14.5. The highest BCUT2D eigenvalue weighted by atomic mass is 35.5. The van der Waals surface area contributed by atoms with Gasteiger partial charge in [-0.3, -0.25) is 9.59 Å². The zero-order valence-corrected chi connectivity index (χ0v) is 18.0. The van der Waals surface area contributed by atoms with Crippen LogP contribution in [-0.2, 0) is 4.79 Å². The van der Waals surface area contributed by atoms with Crippen LogP contribution in [0.3, 0.4) is 0 Å². The molecule has 160 valence electrons. The Kier molecular flexibility index (Phi) is 7.57. The van der Waals surface area contributed by atoms with E-state index in [1.54, 1.807) is 56.5 Å². The molecule has 30 heavy (non-hydrogen) atoms. The van der Waals surface area contributed by atoms with Gasteiger partial charge in [-0.1, -0.05) is 30.9 Å². The highest BCUT2D eigenvalue weighted by Gasteiger charge is 2.20. The summed E-state index contributed by atoms with van der Waals surface area (Å²) >= 11 is 6.23. The predicted octanol–water partition coefficient (Wildman–Crippen LogP) is 4.82. The number of methoxy groups -OCH3 is 1. The largest absolute Gasteiger partial charge is 0.497 e. The monoisotopic (exact) mass is 430 g/mol. The SMILES string of the molecule is COc1ccc(OC(C)C(=O)Nc2ccc(Cl)c(C(=O)NC3CCCCC3)c2)cc1. The molecule has 2 N–H and O–H groups in total. The Hall–Kier alpha value is -2.73. The summed E-state index contributed by atoms with van der Waals surface area (Å²) < 4.78 is 10.8. The summed E-state index contributed by atoms with van der Waals surface area (Å²) in [6, 6.07) is 12.0. The normalized spacial score (nSPS) is 15.2. The minimum absolute atomic E-state index is 0.179. The van der Waals surface area contributed by atoms with Crippen LogP contribution in [0.5, 0.6) is 11.5 Å². The van der Waals surface area contributed by atoms with Crippen LogP contribution in [-0.4, -0.2) is 31.1 Å². The number of halogens is 1. The van der Waals surface area contributed by atoms with Crippen LogP contribution in [0.2, 0.25) is 5.02 Å². The number of carbonyl (C=O) groups excluding carboxylic acids is 2. The molecule has 1 aliphatic rings. The average Bonchev–Trinajstić information content (AvgIpc) is 2.76. The molecule has 0 saturated heterocycles. The first-order valence-corrected chi connectivity index (χ1v) is 10.6. The van der Waals surface area contributed by atoms with Crippen molar-refractivity contribution in [1.82, 2.24) is 5.32 Å². The molecular formula is C23H27ClN2O4. The molecule has 0 aliphatic heterocycles.